The number of nitrogens with zero attached hydrogens (tertiary/aromatic N) is 4. The Balaban J connectivity index is 1.41. The molecule has 1 aliphatic heterocycles. The smallest absolute Gasteiger partial charge is 0.272 e. The van der Waals surface area contributed by atoms with Gasteiger partial charge in [0.05, 0.1) is 21.3 Å². The van der Waals surface area contributed by atoms with Crippen LogP contribution in [0.5, 0.6) is 0 Å². The lowest BCUT2D eigenvalue weighted by molar-refractivity contribution is 0.0737. The first-order chi connectivity index (χ1) is 15.2. The number of amides is 1. The summed E-state index contributed by atoms with van der Waals surface area (Å²) in [6.07, 6.45) is 0. The molecule has 2 aromatic heterocycles. The summed E-state index contributed by atoms with van der Waals surface area (Å²) in [4.78, 5) is 18.7. The van der Waals surface area contributed by atoms with Crippen LogP contribution in [0.15, 0.2) is 78.2 Å². The molecule has 0 bridgehead atoms. The molecule has 1 aliphatic rings. The minimum Gasteiger partial charge on any atom is -0.367 e. The maximum Gasteiger partial charge on any atom is 0.272 e. The van der Waals surface area contributed by atoms with Crippen LogP contribution in [-0.2, 0) is 0 Å². The normalized spacial score (nSPS) is 14.1. The topological polar surface area (TPSA) is 41.4 Å². The van der Waals surface area contributed by atoms with Crippen molar-refractivity contribution in [2.45, 2.75) is 0 Å². The lowest BCUT2D eigenvalue weighted by atomic mass is 10.2. The van der Waals surface area contributed by atoms with E-state index in [4.69, 9.17) is 16.7 Å². The van der Waals surface area contributed by atoms with Gasteiger partial charge in [0.25, 0.3) is 5.91 Å². The lowest BCUT2D eigenvalue weighted by Gasteiger charge is -2.36. The van der Waals surface area contributed by atoms with E-state index in [1.165, 1.54) is 0 Å². The molecule has 4 aromatic rings. The van der Waals surface area contributed by atoms with E-state index in [9.17, 15) is 4.79 Å². The fraction of sp³-hybridized carbons (Fsp3) is 0.167. The number of thiophene rings is 1. The SMILES string of the molecule is O=C(c1cc(-c2cccs2)nn1-c1ccccc1)N1CCN(c2ccccc2Cl)CC1. The zero-order chi connectivity index (χ0) is 21.2. The van der Waals surface area contributed by atoms with Gasteiger partial charge >= 0.3 is 0 Å². The van der Waals surface area contributed by atoms with E-state index in [0.717, 1.165) is 40.1 Å². The van der Waals surface area contributed by atoms with Crippen molar-refractivity contribution in [3.8, 4) is 16.3 Å². The van der Waals surface area contributed by atoms with Crippen molar-refractivity contribution in [3.05, 3.63) is 88.9 Å². The van der Waals surface area contributed by atoms with Crippen LogP contribution < -0.4 is 4.90 Å². The molecule has 1 amide bonds. The molecule has 156 valence electrons. The highest BCUT2D eigenvalue weighted by molar-refractivity contribution is 7.13. The number of hydrogen-bond acceptors (Lipinski definition) is 4. The molecule has 0 spiro atoms. The van der Waals surface area contributed by atoms with Gasteiger partial charge in [0.15, 0.2) is 0 Å². The maximum absolute atomic E-state index is 13.5. The van der Waals surface area contributed by atoms with Gasteiger partial charge in [-0.3, -0.25) is 4.79 Å². The number of rotatable bonds is 4. The van der Waals surface area contributed by atoms with Gasteiger partial charge in [0.2, 0.25) is 0 Å². The average Bonchev–Trinajstić information content (AvgIpc) is 3.50. The Kier molecular flexibility index (Phi) is 5.49. The molecule has 2 aromatic carbocycles. The Morgan fingerprint density at radius 2 is 1.65 bits per heavy atom. The van der Waals surface area contributed by atoms with Crippen LogP contribution in [0.2, 0.25) is 5.02 Å². The van der Waals surface area contributed by atoms with Gasteiger partial charge in [-0.2, -0.15) is 5.10 Å². The van der Waals surface area contributed by atoms with Crippen LogP contribution in [0.25, 0.3) is 16.3 Å². The number of halogens is 1. The van der Waals surface area contributed by atoms with E-state index in [0.29, 0.717) is 18.8 Å². The van der Waals surface area contributed by atoms with Gasteiger partial charge in [0.1, 0.15) is 11.4 Å². The highest BCUT2D eigenvalue weighted by Gasteiger charge is 2.27. The molecule has 0 unspecified atom stereocenters. The summed E-state index contributed by atoms with van der Waals surface area (Å²) in [5, 5.41) is 7.53. The van der Waals surface area contributed by atoms with Gasteiger partial charge in [-0.1, -0.05) is 48.0 Å². The molecule has 3 heterocycles. The molecule has 5 rings (SSSR count). The summed E-state index contributed by atoms with van der Waals surface area (Å²) >= 11 is 7.98. The van der Waals surface area contributed by atoms with Crippen LogP contribution in [0, 0.1) is 0 Å². The van der Waals surface area contributed by atoms with Crippen LogP contribution >= 0.6 is 22.9 Å². The molecule has 5 nitrogen and oxygen atoms in total. The van der Waals surface area contributed by atoms with Gasteiger partial charge < -0.3 is 9.80 Å². The summed E-state index contributed by atoms with van der Waals surface area (Å²) in [5.74, 6) is -0.00188. The van der Waals surface area contributed by atoms with Crippen LogP contribution in [0.1, 0.15) is 10.5 Å². The Hall–Kier alpha value is -3.09. The zero-order valence-corrected chi connectivity index (χ0v) is 18.4. The number of para-hydroxylation sites is 2. The van der Waals surface area contributed by atoms with Gasteiger partial charge in [-0.25, -0.2) is 4.68 Å². The minimum absolute atomic E-state index is 0.00188. The van der Waals surface area contributed by atoms with E-state index in [1.54, 1.807) is 16.0 Å². The summed E-state index contributed by atoms with van der Waals surface area (Å²) in [5.41, 5.74) is 3.30. The minimum atomic E-state index is -0.00188. The van der Waals surface area contributed by atoms with Crippen molar-refractivity contribution in [1.29, 1.82) is 0 Å². The van der Waals surface area contributed by atoms with E-state index in [1.807, 2.05) is 83.1 Å². The van der Waals surface area contributed by atoms with Crippen molar-refractivity contribution >= 4 is 34.5 Å². The van der Waals surface area contributed by atoms with Crippen molar-refractivity contribution in [3.63, 3.8) is 0 Å². The zero-order valence-electron chi connectivity index (χ0n) is 16.8. The van der Waals surface area contributed by atoms with Crippen molar-refractivity contribution in [2.24, 2.45) is 0 Å². The summed E-state index contributed by atoms with van der Waals surface area (Å²) < 4.78 is 1.76. The third kappa shape index (κ3) is 3.96. The second kappa shape index (κ2) is 8.57. The largest absolute Gasteiger partial charge is 0.367 e. The first-order valence-electron chi connectivity index (χ1n) is 10.2. The van der Waals surface area contributed by atoms with Crippen molar-refractivity contribution < 1.29 is 4.79 Å². The highest BCUT2D eigenvalue weighted by atomic mass is 35.5. The Bertz CT molecular complexity index is 1180. The molecule has 0 aliphatic carbocycles. The lowest BCUT2D eigenvalue weighted by Crippen LogP contribution is -2.49. The predicted octanol–water partition coefficient (Wildman–Crippen LogP) is 5.22. The first-order valence-corrected chi connectivity index (χ1v) is 11.4. The monoisotopic (exact) mass is 448 g/mol. The van der Waals surface area contributed by atoms with Crippen LogP contribution in [-0.4, -0.2) is 46.8 Å². The van der Waals surface area contributed by atoms with E-state index in [-0.39, 0.29) is 5.91 Å². The second-order valence-electron chi connectivity index (χ2n) is 7.37. The summed E-state index contributed by atoms with van der Waals surface area (Å²) in [7, 11) is 0. The highest BCUT2D eigenvalue weighted by Crippen LogP contribution is 2.28. The molecule has 0 radical (unpaired) electrons. The van der Waals surface area contributed by atoms with Gasteiger partial charge in [-0.05, 0) is 41.8 Å². The number of piperazine rings is 1. The fourth-order valence-electron chi connectivity index (χ4n) is 3.86. The van der Waals surface area contributed by atoms with Crippen molar-refractivity contribution in [1.82, 2.24) is 14.7 Å². The first kappa shape index (κ1) is 19.8. The number of carbonyl (C=O) groups is 1. The van der Waals surface area contributed by atoms with Gasteiger partial charge in [0, 0.05) is 26.2 Å². The molecular formula is C24H21ClN4OS. The maximum atomic E-state index is 13.5. The summed E-state index contributed by atoms with van der Waals surface area (Å²) in [6.45, 7) is 2.76. The Labute approximate surface area is 190 Å². The van der Waals surface area contributed by atoms with Gasteiger partial charge in [-0.15, -0.1) is 11.3 Å². The number of carbonyl (C=O) groups excluding carboxylic acids is 1. The standard InChI is InChI=1S/C24H21ClN4OS/c25-19-9-4-5-10-21(19)27-12-14-28(15-13-27)24(30)22-17-20(23-11-6-16-31-23)26-29(22)18-7-2-1-3-8-18/h1-11,16-17H,12-15H2. The number of anilines is 1. The van der Waals surface area contributed by atoms with Crippen LogP contribution in [0.3, 0.4) is 0 Å². The summed E-state index contributed by atoms with van der Waals surface area (Å²) in [6, 6.07) is 23.6. The fourth-order valence-corrected chi connectivity index (χ4v) is 4.80. The molecule has 0 atom stereocenters. The van der Waals surface area contributed by atoms with Crippen LogP contribution in [0.4, 0.5) is 5.69 Å². The Morgan fingerprint density at radius 1 is 0.903 bits per heavy atom. The molecule has 0 N–H and O–H groups in total. The molecule has 7 heteroatoms. The number of aromatic nitrogens is 2. The van der Waals surface area contributed by atoms with E-state index in [2.05, 4.69) is 4.90 Å². The van der Waals surface area contributed by atoms with E-state index < -0.39 is 0 Å². The van der Waals surface area contributed by atoms with E-state index >= 15 is 0 Å². The number of hydrogen-bond donors (Lipinski definition) is 0. The third-order valence-corrected chi connectivity index (χ3v) is 6.67. The average molecular weight is 449 g/mol. The quantitative estimate of drug-likeness (QED) is 0.430. The number of benzene rings is 2. The Morgan fingerprint density at radius 3 is 2.35 bits per heavy atom. The van der Waals surface area contributed by atoms with Crippen molar-refractivity contribution in [2.75, 3.05) is 31.1 Å². The molecule has 1 saturated heterocycles. The predicted molar refractivity (Wildman–Crippen MR) is 126 cm³/mol. The molecule has 31 heavy (non-hydrogen) atoms. The second-order valence-corrected chi connectivity index (χ2v) is 8.73. The molecular weight excluding hydrogens is 428 g/mol. The molecule has 1 fully saturated rings. The third-order valence-electron chi connectivity index (χ3n) is 5.46. The molecule has 0 saturated carbocycles.